The smallest absolute Gasteiger partial charge is 0.141 e. The molecule has 0 atom stereocenters. The van der Waals surface area contributed by atoms with Crippen molar-refractivity contribution in [2.45, 2.75) is 0 Å². The van der Waals surface area contributed by atoms with E-state index in [0.717, 1.165) is 6.21 Å². The van der Waals surface area contributed by atoms with Crippen LogP contribution >= 0.6 is 11.6 Å². The zero-order valence-corrected chi connectivity index (χ0v) is 5.26. The Morgan fingerprint density at radius 3 is 2.89 bits per heavy atom. The summed E-state index contributed by atoms with van der Waals surface area (Å²) in [5, 5.41) is 7.11. The van der Waals surface area contributed by atoms with Crippen LogP contribution in [0.1, 0.15) is 5.56 Å². The fraction of sp³-hybridized carbons (Fsp3) is 0. The molecule has 1 heterocycles. The lowest BCUT2D eigenvalue weighted by Gasteiger charge is -1.89. The Labute approximate surface area is 57.2 Å². The molecule has 46 valence electrons. The first kappa shape index (κ1) is 6.16. The van der Waals surface area contributed by atoms with Gasteiger partial charge in [0.1, 0.15) is 11.5 Å². The minimum atomic E-state index is 0.319. The van der Waals surface area contributed by atoms with E-state index in [2.05, 4.69) is 9.97 Å². The molecule has 9 heavy (non-hydrogen) atoms. The number of hydrogen-bond acceptors (Lipinski definition) is 3. The van der Waals surface area contributed by atoms with Crippen molar-refractivity contribution in [2.75, 3.05) is 0 Å². The Bertz CT molecular complexity index is 223. The molecule has 0 spiro atoms. The van der Waals surface area contributed by atoms with Gasteiger partial charge < -0.3 is 5.41 Å². The maximum absolute atomic E-state index is 6.80. The zero-order valence-electron chi connectivity index (χ0n) is 4.50. The maximum atomic E-state index is 6.80. The third-order valence-corrected chi connectivity index (χ3v) is 1.16. The molecule has 1 N–H and O–H groups in total. The summed E-state index contributed by atoms with van der Waals surface area (Å²) >= 11 is 5.52. The Kier molecular flexibility index (Phi) is 1.75. The summed E-state index contributed by atoms with van der Waals surface area (Å²) in [6, 6.07) is 0. The van der Waals surface area contributed by atoms with Crippen LogP contribution in [0, 0.1) is 5.41 Å². The second-order valence-electron chi connectivity index (χ2n) is 1.41. The van der Waals surface area contributed by atoms with Gasteiger partial charge in [-0.15, -0.1) is 0 Å². The molecule has 4 heteroatoms. The average Bonchev–Trinajstić information content (AvgIpc) is 1.89. The van der Waals surface area contributed by atoms with Crippen LogP contribution in [-0.4, -0.2) is 16.2 Å². The van der Waals surface area contributed by atoms with Crippen molar-refractivity contribution < 1.29 is 0 Å². The predicted octanol–water partition coefficient (Wildman–Crippen LogP) is 1.13. The third kappa shape index (κ3) is 1.23. The molecule has 0 saturated carbocycles. The predicted molar refractivity (Wildman–Crippen MR) is 34.9 cm³/mol. The second kappa shape index (κ2) is 2.55. The van der Waals surface area contributed by atoms with Gasteiger partial charge in [0.05, 0.1) is 0 Å². The number of hydrogen-bond donors (Lipinski definition) is 1. The molecule has 3 nitrogen and oxygen atoms in total. The van der Waals surface area contributed by atoms with E-state index >= 15 is 0 Å². The van der Waals surface area contributed by atoms with E-state index in [0.29, 0.717) is 10.7 Å². The molecule has 1 aromatic rings. The summed E-state index contributed by atoms with van der Waals surface area (Å²) in [5.41, 5.74) is 0.541. The van der Waals surface area contributed by atoms with Crippen LogP contribution in [0.5, 0.6) is 0 Å². The summed E-state index contributed by atoms with van der Waals surface area (Å²) in [5.74, 6) is 0. The van der Waals surface area contributed by atoms with Crippen molar-refractivity contribution in [2.24, 2.45) is 0 Å². The largest absolute Gasteiger partial charge is 0.308 e. The number of aromatic nitrogens is 2. The maximum Gasteiger partial charge on any atom is 0.141 e. The Balaban J connectivity index is 3.15. The molecule has 1 rings (SSSR count). The molecular weight excluding hydrogens is 138 g/mol. The van der Waals surface area contributed by atoms with Crippen LogP contribution in [0.3, 0.4) is 0 Å². The molecular formula is C5H4ClN3. The summed E-state index contributed by atoms with van der Waals surface area (Å²) in [7, 11) is 0. The minimum absolute atomic E-state index is 0.319. The quantitative estimate of drug-likeness (QED) is 0.471. The van der Waals surface area contributed by atoms with Crippen LogP contribution in [0.25, 0.3) is 0 Å². The standard InChI is InChI=1S/C5H4ClN3/c6-5-4(1-7)2-8-3-9-5/h1-3,7H. The molecule has 0 aliphatic heterocycles. The summed E-state index contributed by atoms with van der Waals surface area (Å²) < 4.78 is 0. The summed E-state index contributed by atoms with van der Waals surface area (Å²) in [6.45, 7) is 0. The molecule has 0 aliphatic rings. The fourth-order valence-electron chi connectivity index (χ4n) is 0.422. The molecule has 0 radical (unpaired) electrons. The van der Waals surface area contributed by atoms with E-state index in [1.807, 2.05) is 0 Å². The first-order valence-electron chi connectivity index (χ1n) is 2.30. The minimum Gasteiger partial charge on any atom is -0.308 e. The lowest BCUT2D eigenvalue weighted by Crippen LogP contribution is -1.86. The molecule has 0 saturated heterocycles. The monoisotopic (exact) mass is 141 g/mol. The van der Waals surface area contributed by atoms with Gasteiger partial charge in [-0.2, -0.15) is 0 Å². The van der Waals surface area contributed by atoms with Crippen LogP contribution in [0.15, 0.2) is 12.5 Å². The lowest BCUT2D eigenvalue weighted by molar-refractivity contribution is 1.16. The number of nitrogens with one attached hydrogen (secondary N) is 1. The average molecular weight is 142 g/mol. The highest BCUT2D eigenvalue weighted by molar-refractivity contribution is 6.31. The lowest BCUT2D eigenvalue weighted by atomic mass is 10.4. The molecule has 0 unspecified atom stereocenters. The zero-order chi connectivity index (χ0) is 6.69. The van der Waals surface area contributed by atoms with Gasteiger partial charge in [0.15, 0.2) is 0 Å². The van der Waals surface area contributed by atoms with Gasteiger partial charge in [-0.1, -0.05) is 11.6 Å². The number of rotatable bonds is 1. The Morgan fingerprint density at radius 2 is 2.44 bits per heavy atom. The normalized spacial score (nSPS) is 9.00. The molecule has 0 bridgehead atoms. The summed E-state index contributed by atoms with van der Waals surface area (Å²) in [6.07, 6.45) is 3.94. The Hall–Kier alpha value is -0.960. The van der Waals surface area contributed by atoms with E-state index in [1.165, 1.54) is 12.5 Å². The van der Waals surface area contributed by atoms with Crippen LogP contribution in [0.4, 0.5) is 0 Å². The first-order valence-corrected chi connectivity index (χ1v) is 2.68. The van der Waals surface area contributed by atoms with Gasteiger partial charge in [0.25, 0.3) is 0 Å². The van der Waals surface area contributed by atoms with E-state index in [-0.39, 0.29) is 0 Å². The van der Waals surface area contributed by atoms with Crippen molar-refractivity contribution in [1.82, 2.24) is 9.97 Å². The van der Waals surface area contributed by atoms with Crippen LogP contribution < -0.4 is 0 Å². The van der Waals surface area contributed by atoms with Gasteiger partial charge in [0, 0.05) is 18.0 Å². The highest BCUT2D eigenvalue weighted by Gasteiger charge is 1.93. The van der Waals surface area contributed by atoms with Crippen LogP contribution in [-0.2, 0) is 0 Å². The Morgan fingerprint density at radius 1 is 1.67 bits per heavy atom. The SMILES string of the molecule is N=Cc1cncnc1Cl. The topological polar surface area (TPSA) is 49.6 Å². The summed E-state index contributed by atoms with van der Waals surface area (Å²) in [4.78, 5) is 7.32. The van der Waals surface area contributed by atoms with E-state index in [4.69, 9.17) is 17.0 Å². The number of nitrogens with zero attached hydrogens (tertiary/aromatic N) is 2. The van der Waals surface area contributed by atoms with Gasteiger partial charge in [0.2, 0.25) is 0 Å². The highest BCUT2D eigenvalue weighted by Crippen LogP contribution is 2.05. The highest BCUT2D eigenvalue weighted by atomic mass is 35.5. The van der Waals surface area contributed by atoms with Crippen LogP contribution in [0.2, 0.25) is 5.15 Å². The molecule has 1 aromatic heterocycles. The molecule has 0 fully saturated rings. The molecule has 0 aliphatic carbocycles. The van der Waals surface area contributed by atoms with Crippen molar-refractivity contribution >= 4 is 17.8 Å². The van der Waals surface area contributed by atoms with E-state index in [1.54, 1.807) is 0 Å². The fourth-order valence-corrected chi connectivity index (χ4v) is 0.569. The molecule has 0 aromatic carbocycles. The van der Waals surface area contributed by atoms with E-state index < -0.39 is 0 Å². The third-order valence-electron chi connectivity index (χ3n) is 0.845. The van der Waals surface area contributed by atoms with Gasteiger partial charge in [-0.25, -0.2) is 9.97 Å². The van der Waals surface area contributed by atoms with Gasteiger partial charge in [-0.05, 0) is 0 Å². The van der Waals surface area contributed by atoms with Crippen molar-refractivity contribution in [3.05, 3.63) is 23.2 Å². The number of halogens is 1. The van der Waals surface area contributed by atoms with Crippen molar-refractivity contribution in [3.63, 3.8) is 0 Å². The van der Waals surface area contributed by atoms with Crippen molar-refractivity contribution in [3.8, 4) is 0 Å². The second-order valence-corrected chi connectivity index (χ2v) is 1.77. The first-order chi connectivity index (χ1) is 4.34. The van der Waals surface area contributed by atoms with Gasteiger partial charge in [-0.3, -0.25) is 0 Å². The molecule has 0 amide bonds. The van der Waals surface area contributed by atoms with Gasteiger partial charge >= 0.3 is 0 Å². The van der Waals surface area contributed by atoms with Crippen molar-refractivity contribution in [1.29, 1.82) is 5.41 Å². The van der Waals surface area contributed by atoms with E-state index in [9.17, 15) is 0 Å².